The standard InChI is InChI=1S/C14H13NO4/c1-8-9(2-3-14(16)17)10-6-12-13(7-11(10)15-8)19-5-4-18-12/h2-3,6-7,15H,4-5H2,1H3,(H,16,17)/b3-2+. The van der Waals surface area contributed by atoms with E-state index in [0.29, 0.717) is 24.7 Å². The third-order valence-electron chi connectivity index (χ3n) is 3.09. The number of fused-ring (bicyclic) bond motifs is 2. The minimum absolute atomic E-state index is 0.530. The molecule has 2 heterocycles. The smallest absolute Gasteiger partial charge is 0.328 e. The van der Waals surface area contributed by atoms with Crippen molar-refractivity contribution in [3.05, 3.63) is 29.5 Å². The van der Waals surface area contributed by atoms with E-state index in [4.69, 9.17) is 14.6 Å². The number of aliphatic carboxylic acids is 1. The fourth-order valence-electron chi connectivity index (χ4n) is 2.26. The Kier molecular flexibility index (Phi) is 2.67. The number of aromatic nitrogens is 1. The molecule has 2 N–H and O–H groups in total. The SMILES string of the molecule is Cc1[nH]c2cc3c(cc2c1/C=C/C(=O)O)OCCO3. The van der Waals surface area contributed by atoms with Gasteiger partial charge in [0.25, 0.3) is 0 Å². The molecule has 0 atom stereocenters. The van der Waals surface area contributed by atoms with Gasteiger partial charge in [0, 0.05) is 28.8 Å². The van der Waals surface area contributed by atoms with Gasteiger partial charge in [0.15, 0.2) is 11.5 Å². The Morgan fingerprint density at radius 2 is 2.00 bits per heavy atom. The lowest BCUT2D eigenvalue weighted by Crippen LogP contribution is -2.15. The molecule has 3 rings (SSSR count). The number of benzene rings is 1. The Balaban J connectivity index is 2.17. The zero-order valence-corrected chi connectivity index (χ0v) is 10.4. The summed E-state index contributed by atoms with van der Waals surface area (Å²) in [6, 6.07) is 3.77. The second-order valence-corrected chi connectivity index (χ2v) is 4.38. The van der Waals surface area contributed by atoms with Crippen LogP contribution in [0.4, 0.5) is 0 Å². The zero-order chi connectivity index (χ0) is 13.4. The summed E-state index contributed by atoms with van der Waals surface area (Å²) in [6.45, 7) is 2.98. The molecule has 0 saturated carbocycles. The molecule has 0 bridgehead atoms. The molecule has 0 fully saturated rings. The van der Waals surface area contributed by atoms with Crippen LogP contribution in [-0.4, -0.2) is 29.3 Å². The van der Waals surface area contributed by atoms with Crippen LogP contribution in [0.1, 0.15) is 11.3 Å². The highest BCUT2D eigenvalue weighted by molar-refractivity contribution is 5.96. The molecule has 1 aromatic heterocycles. The van der Waals surface area contributed by atoms with E-state index in [9.17, 15) is 4.79 Å². The molecule has 1 aliphatic heterocycles. The second kappa shape index (κ2) is 4.35. The Morgan fingerprint density at radius 3 is 2.68 bits per heavy atom. The average molecular weight is 259 g/mol. The fourth-order valence-corrected chi connectivity index (χ4v) is 2.26. The van der Waals surface area contributed by atoms with Gasteiger partial charge in [-0.15, -0.1) is 0 Å². The van der Waals surface area contributed by atoms with Crippen LogP contribution in [0.3, 0.4) is 0 Å². The first-order chi connectivity index (χ1) is 9.15. The third-order valence-corrected chi connectivity index (χ3v) is 3.09. The summed E-state index contributed by atoms with van der Waals surface area (Å²) < 4.78 is 11.1. The molecule has 0 radical (unpaired) electrons. The highest BCUT2D eigenvalue weighted by Gasteiger charge is 2.15. The fraction of sp³-hybridized carbons (Fsp3) is 0.214. The van der Waals surface area contributed by atoms with Gasteiger partial charge in [0.1, 0.15) is 13.2 Å². The van der Waals surface area contributed by atoms with E-state index in [1.165, 1.54) is 0 Å². The van der Waals surface area contributed by atoms with Crippen molar-refractivity contribution < 1.29 is 19.4 Å². The second-order valence-electron chi connectivity index (χ2n) is 4.38. The maximum Gasteiger partial charge on any atom is 0.328 e. The summed E-state index contributed by atoms with van der Waals surface area (Å²) >= 11 is 0. The molecule has 0 unspecified atom stereocenters. The Bertz CT molecular complexity index is 684. The Hall–Kier alpha value is -2.43. The van der Waals surface area contributed by atoms with Crippen molar-refractivity contribution in [2.24, 2.45) is 0 Å². The quantitative estimate of drug-likeness (QED) is 0.812. The maximum absolute atomic E-state index is 10.6. The molecule has 5 heteroatoms. The van der Waals surface area contributed by atoms with Crippen molar-refractivity contribution in [2.45, 2.75) is 6.92 Å². The first-order valence-corrected chi connectivity index (χ1v) is 5.98. The molecule has 2 aromatic rings. The minimum Gasteiger partial charge on any atom is -0.486 e. The van der Waals surface area contributed by atoms with Gasteiger partial charge in [0.05, 0.1) is 5.52 Å². The van der Waals surface area contributed by atoms with Crippen molar-refractivity contribution in [3.8, 4) is 11.5 Å². The summed E-state index contributed by atoms with van der Waals surface area (Å²) in [7, 11) is 0. The molecule has 0 spiro atoms. The van der Waals surface area contributed by atoms with E-state index >= 15 is 0 Å². The Labute approximate surface area is 109 Å². The van der Waals surface area contributed by atoms with Gasteiger partial charge in [-0.2, -0.15) is 0 Å². The minimum atomic E-state index is -0.966. The zero-order valence-electron chi connectivity index (χ0n) is 10.4. The van der Waals surface area contributed by atoms with Crippen LogP contribution < -0.4 is 9.47 Å². The third kappa shape index (κ3) is 2.03. The number of carbonyl (C=O) groups is 1. The Morgan fingerprint density at radius 1 is 1.32 bits per heavy atom. The van der Waals surface area contributed by atoms with Crippen molar-refractivity contribution in [1.29, 1.82) is 0 Å². The van der Waals surface area contributed by atoms with Gasteiger partial charge in [-0.1, -0.05) is 0 Å². The number of nitrogens with one attached hydrogen (secondary N) is 1. The first kappa shape index (κ1) is 11.6. The van der Waals surface area contributed by atoms with Gasteiger partial charge < -0.3 is 19.6 Å². The van der Waals surface area contributed by atoms with Gasteiger partial charge in [-0.25, -0.2) is 4.79 Å². The van der Waals surface area contributed by atoms with Crippen LogP contribution in [0.15, 0.2) is 18.2 Å². The van der Waals surface area contributed by atoms with Gasteiger partial charge in [-0.05, 0) is 19.1 Å². The van der Waals surface area contributed by atoms with E-state index in [1.807, 2.05) is 19.1 Å². The van der Waals surface area contributed by atoms with Crippen LogP contribution in [0.25, 0.3) is 17.0 Å². The summed E-state index contributed by atoms with van der Waals surface area (Å²) in [5.41, 5.74) is 2.68. The van der Waals surface area contributed by atoms with Crippen molar-refractivity contribution in [3.63, 3.8) is 0 Å². The summed E-state index contributed by atoms with van der Waals surface area (Å²) in [6.07, 6.45) is 2.72. The molecule has 0 amide bonds. The summed E-state index contributed by atoms with van der Waals surface area (Å²) in [5, 5.41) is 9.66. The van der Waals surface area contributed by atoms with E-state index in [0.717, 1.165) is 28.2 Å². The number of H-pyrrole nitrogens is 1. The van der Waals surface area contributed by atoms with Crippen LogP contribution in [0, 0.1) is 6.92 Å². The molecule has 98 valence electrons. The van der Waals surface area contributed by atoms with Crippen molar-refractivity contribution in [2.75, 3.05) is 13.2 Å². The van der Waals surface area contributed by atoms with Gasteiger partial charge in [-0.3, -0.25) is 0 Å². The molecule has 0 aliphatic carbocycles. The predicted octanol–water partition coefficient (Wildman–Crippen LogP) is 2.35. The number of hydrogen-bond donors (Lipinski definition) is 2. The average Bonchev–Trinajstić information content (AvgIpc) is 2.68. The van der Waals surface area contributed by atoms with Gasteiger partial charge >= 0.3 is 5.97 Å². The lowest BCUT2D eigenvalue weighted by Gasteiger charge is -2.18. The number of ether oxygens (including phenoxy) is 2. The number of carboxylic acid groups (broad SMARTS) is 1. The first-order valence-electron chi connectivity index (χ1n) is 5.98. The summed E-state index contributed by atoms with van der Waals surface area (Å²) in [5.74, 6) is 0.447. The van der Waals surface area contributed by atoms with Crippen LogP contribution in [-0.2, 0) is 4.79 Å². The number of hydrogen-bond acceptors (Lipinski definition) is 3. The largest absolute Gasteiger partial charge is 0.486 e. The molecule has 19 heavy (non-hydrogen) atoms. The van der Waals surface area contributed by atoms with E-state index in [-0.39, 0.29) is 0 Å². The van der Waals surface area contributed by atoms with E-state index in [2.05, 4.69) is 4.98 Å². The van der Waals surface area contributed by atoms with E-state index in [1.54, 1.807) is 6.08 Å². The van der Waals surface area contributed by atoms with Crippen molar-refractivity contribution in [1.82, 2.24) is 4.98 Å². The highest BCUT2D eigenvalue weighted by atomic mass is 16.6. The van der Waals surface area contributed by atoms with E-state index < -0.39 is 5.97 Å². The lowest BCUT2D eigenvalue weighted by molar-refractivity contribution is -0.131. The van der Waals surface area contributed by atoms with Gasteiger partial charge in [0.2, 0.25) is 0 Å². The summed E-state index contributed by atoms with van der Waals surface area (Å²) in [4.78, 5) is 13.9. The number of rotatable bonds is 2. The topological polar surface area (TPSA) is 71.6 Å². The van der Waals surface area contributed by atoms with Crippen LogP contribution in [0.2, 0.25) is 0 Å². The molecular weight excluding hydrogens is 246 g/mol. The monoisotopic (exact) mass is 259 g/mol. The molecule has 1 aromatic carbocycles. The van der Waals surface area contributed by atoms with Crippen LogP contribution >= 0.6 is 0 Å². The molecule has 1 aliphatic rings. The maximum atomic E-state index is 10.6. The van der Waals surface area contributed by atoms with Crippen molar-refractivity contribution >= 4 is 22.9 Å². The molecular formula is C14H13NO4. The lowest BCUT2D eigenvalue weighted by atomic mass is 10.1. The predicted molar refractivity (Wildman–Crippen MR) is 70.7 cm³/mol. The molecule has 0 saturated heterocycles. The molecule has 5 nitrogen and oxygen atoms in total. The highest BCUT2D eigenvalue weighted by Crippen LogP contribution is 2.36. The number of aryl methyl sites for hydroxylation is 1. The van der Waals surface area contributed by atoms with Crippen LogP contribution in [0.5, 0.6) is 11.5 Å². The number of carboxylic acids is 1. The number of aromatic amines is 1. The normalized spacial score (nSPS) is 14.2.